The molecule has 0 fully saturated rings. The van der Waals surface area contributed by atoms with E-state index in [0.29, 0.717) is 28.3 Å². The number of nitrogens with one attached hydrogen (secondary N) is 1. The van der Waals surface area contributed by atoms with Gasteiger partial charge in [0.1, 0.15) is 5.69 Å². The van der Waals surface area contributed by atoms with Gasteiger partial charge in [-0.15, -0.1) is 0 Å². The molecule has 0 spiro atoms. The van der Waals surface area contributed by atoms with Crippen molar-refractivity contribution in [2.24, 2.45) is 0 Å². The summed E-state index contributed by atoms with van der Waals surface area (Å²) in [5.41, 5.74) is 1.30. The van der Waals surface area contributed by atoms with E-state index in [0.717, 1.165) is 0 Å². The first kappa shape index (κ1) is 20.0. The average Bonchev–Trinajstić information content (AvgIpc) is 2.98. The molecule has 0 bridgehead atoms. The van der Waals surface area contributed by atoms with Crippen LogP contribution in [0.4, 0.5) is 0 Å². The van der Waals surface area contributed by atoms with Gasteiger partial charge in [0, 0.05) is 24.2 Å². The van der Waals surface area contributed by atoms with Gasteiger partial charge in [-0.05, 0) is 40.2 Å². The lowest BCUT2D eigenvalue weighted by molar-refractivity contribution is -0.137. The van der Waals surface area contributed by atoms with Crippen molar-refractivity contribution in [2.75, 3.05) is 0 Å². The standard InChI is InChI=1S/C19H24ClN3O3/c1-12(9-10-16(24)25)21-18(26)14-11-23(19(2,3)4)22-17(14)13-7-5-6-8-15(13)20/h5-8,11-12H,9-10H2,1-4H3,(H,21,26)(H,24,25). The normalized spacial score (nSPS) is 12.7. The quantitative estimate of drug-likeness (QED) is 0.798. The van der Waals surface area contributed by atoms with E-state index in [2.05, 4.69) is 10.4 Å². The highest BCUT2D eigenvalue weighted by atomic mass is 35.5. The second-order valence-electron chi connectivity index (χ2n) is 7.29. The predicted octanol–water partition coefficient (Wildman–Crippen LogP) is 3.94. The van der Waals surface area contributed by atoms with Crippen LogP contribution in [0.2, 0.25) is 5.02 Å². The topological polar surface area (TPSA) is 84.2 Å². The molecule has 0 aliphatic heterocycles. The van der Waals surface area contributed by atoms with Crippen molar-refractivity contribution in [2.45, 2.75) is 52.1 Å². The molecule has 0 saturated carbocycles. The third-order valence-electron chi connectivity index (χ3n) is 3.94. The number of aromatic nitrogens is 2. The Morgan fingerprint density at radius 1 is 1.31 bits per heavy atom. The summed E-state index contributed by atoms with van der Waals surface area (Å²) in [6, 6.07) is 6.97. The Bertz CT molecular complexity index is 809. The van der Waals surface area contributed by atoms with Crippen molar-refractivity contribution in [1.29, 1.82) is 0 Å². The molecule has 1 amide bonds. The van der Waals surface area contributed by atoms with Crippen LogP contribution in [0.1, 0.15) is 50.9 Å². The van der Waals surface area contributed by atoms with E-state index in [4.69, 9.17) is 16.7 Å². The lowest BCUT2D eigenvalue weighted by Gasteiger charge is -2.18. The summed E-state index contributed by atoms with van der Waals surface area (Å²) >= 11 is 6.30. The molecule has 0 aliphatic rings. The Kier molecular flexibility index (Phi) is 6.08. The highest BCUT2D eigenvalue weighted by molar-refractivity contribution is 6.33. The van der Waals surface area contributed by atoms with Gasteiger partial charge in [0.25, 0.3) is 5.91 Å². The van der Waals surface area contributed by atoms with Gasteiger partial charge in [0.2, 0.25) is 0 Å². The van der Waals surface area contributed by atoms with Gasteiger partial charge in [-0.2, -0.15) is 5.10 Å². The van der Waals surface area contributed by atoms with Gasteiger partial charge in [-0.25, -0.2) is 0 Å². The second-order valence-corrected chi connectivity index (χ2v) is 7.70. The summed E-state index contributed by atoms with van der Waals surface area (Å²) < 4.78 is 1.74. The fourth-order valence-electron chi connectivity index (χ4n) is 2.45. The van der Waals surface area contributed by atoms with Crippen molar-refractivity contribution in [1.82, 2.24) is 15.1 Å². The van der Waals surface area contributed by atoms with Crippen molar-refractivity contribution in [3.05, 3.63) is 41.0 Å². The fourth-order valence-corrected chi connectivity index (χ4v) is 2.67. The van der Waals surface area contributed by atoms with E-state index in [-0.39, 0.29) is 23.9 Å². The molecule has 0 aliphatic carbocycles. The molecule has 2 aromatic rings. The van der Waals surface area contributed by atoms with Gasteiger partial charge in [0.15, 0.2) is 0 Å². The van der Waals surface area contributed by atoms with Crippen molar-refractivity contribution in [3.63, 3.8) is 0 Å². The van der Waals surface area contributed by atoms with Crippen molar-refractivity contribution >= 4 is 23.5 Å². The number of benzene rings is 1. The highest BCUT2D eigenvalue weighted by Gasteiger charge is 2.24. The van der Waals surface area contributed by atoms with Crippen LogP contribution in [0, 0.1) is 0 Å². The zero-order valence-corrected chi connectivity index (χ0v) is 16.2. The van der Waals surface area contributed by atoms with Gasteiger partial charge in [-0.1, -0.05) is 29.8 Å². The molecule has 26 heavy (non-hydrogen) atoms. The summed E-state index contributed by atoms with van der Waals surface area (Å²) in [6.07, 6.45) is 2.06. The number of carboxylic acid groups (broad SMARTS) is 1. The third-order valence-corrected chi connectivity index (χ3v) is 4.27. The molecular weight excluding hydrogens is 354 g/mol. The molecule has 6 nitrogen and oxygen atoms in total. The van der Waals surface area contributed by atoms with Crippen LogP contribution in [0.15, 0.2) is 30.5 Å². The van der Waals surface area contributed by atoms with Gasteiger partial charge < -0.3 is 10.4 Å². The summed E-state index contributed by atoms with van der Waals surface area (Å²) in [6.45, 7) is 7.76. The van der Waals surface area contributed by atoms with Crippen LogP contribution in [-0.2, 0) is 10.3 Å². The number of hydrogen-bond donors (Lipinski definition) is 2. The molecule has 1 aromatic carbocycles. The summed E-state index contributed by atoms with van der Waals surface area (Å²) in [5, 5.41) is 16.7. The Morgan fingerprint density at radius 3 is 2.54 bits per heavy atom. The van der Waals surface area contributed by atoms with Crippen molar-refractivity contribution in [3.8, 4) is 11.3 Å². The third kappa shape index (κ3) is 4.85. The van der Waals surface area contributed by atoms with Crippen LogP contribution < -0.4 is 5.32 Å². The van der Waals surface area contributed by atoms with E-state index >= 15 is 0 Å². The molecule has 1 heterocycles. The number of halogens is 1. The maximum absolute atomic E-state index is 12.8. The maximum atomic E-state index is 12.8. The Morgan fingerprint density at radius 2 is 1.96 bits per heavy atom. The molecule has 140 valence electrons. The van der Waals surface area contributed by atoms with Crippen LogP contribution in [-0.4, -0.2) is 32.8 Å². The largest absolute Gasteiger partial charge is 0.481 e. The molecule has 0 radical (unpaired) electrons. The summed E-state index contributed by atoms with van der Waals surface area (Å²) in [7, 11) is 0. The van der Waals surface area contributed by atoms with E-state index in [1.54, 1.807) is 23.9 Å². The monoisotopic (exact) mass is 377 g/mol. The zero-order chi connectivity index (χ0) is 19.5. The van der Waals surface area contributed by atoms with Gasteiger partial charge in [-0.3, -0.25) is 14.3 Å². The molecule has 1 aromatic heterocycles. The first-order valence-electron chi connectivity index (χ1n) is 8.47. The lowest BCUT2D eigenvalue weighted by Crippen LogP contribution is -2.33. The zero-order valence-electron chi connectivity index (χ0n) is 15.4. The second kappa shape index (κ2) is 7.91. The number of hydrogen-bond acceptors (Lipinski definition) is 3. The average molecular weight is 378 g/mol. The van der Waals surface area contributed by atoms with Crippen molar-refractivity contribution < 1.29 is 14.7 Å². The number of aliphatic carboxylic acids is 1. The van der Waals surface area contributed by atoms with Crippen LogP contribution in [0.5, 0.6) is 0 Å². The number of nitrogens with zero attached hydrogens (tertiary/aromatic N) is 2. The minimum atomic E-state index is -0.886. The molecule has 7 heteroatoms. The Hall–Kier alpha value is -2.34. The highest BCUT2D eigenvalue weighted by Crippen LogP contribution is 2.30. The SMILES string of the molecule is CC(CCC(=O)O)NC(=O)c1cn(C(C)(C)C)nc1-c1ccccc1Cl. The molecule has 0 saturated heterocycles. The predicted molar refractivity (Wildman–Crippen MR) is 101 cm³/mol. The number of carbonyl (C=O) groups excluding carboxylic acids is 1. The summed E-state index contributed by atoms with van der Waals surface area (Å²) in [5.74, 6) is -1.18. The summed E-state index contributed by atoms with van der Waals surface area (Å²) in [4.78, 5) is 23.5. The Labute approximate surface area is 158 Å². The van der Waals surface area contributed by atoms with E-state index in [1.807, 2.05) is 39.0 Å². The van der Waals surface area contributed by atoms with Crippen LogP contribution in [0.25, 0.3) is 11.3 Å². The van der Waals surface area contributed by atoms with E-state index in [9.17, 15) is 9.59 Å². The lowest BCUT2D eigenvalue weighted by atomic mass is 10.1. The molecule has 2 rings (SSSR count). The van der Waals surface area contributed by atoms with Gasteiger partial charge in [0.05, 0.1) is 16.1 Å². The molecule has 1 atom stereocenters. The van der Waals surface area contributed by atoms with E-state index < -0.39 is 5.97 Å². The molecular formula is C19H24ClN3O3. The fraction of sp³-hybridized carbons (Fsp3) is 0.421. The number of carboxylic acids is 1. The maximum Gasteiger partial charge on any atom is 0.303 e. The van der Waals surface area contributed by atoms with Gasteiger partial charge >= 0.3 is 5.97 Å². The molecule has 1 unspecified atom stereocenters. The smallest absolute Gasteiger partial charge is 0.303 e. The first-order valence-corrected chi connectivity index (χ1v) is 8.85. The first-order chi connectivity index (χ1) is 12.1. The van der Waals surface area contributed by atoms with Crippen LogP contribution in [0.3, 0.4) is 0 Å². The number of rotatable bonds is 6. The van der Waals surface area contributed by atoms with E-state index in [1.165, 1.54) is 0 Å². The minimum absolute atomic E-state index is 0.0000697. The van der Waals surface area contributed by atoms with Crippen LogP contribution >= 0.6 is 11.6 Å². The number of carbonyl (C=O) groups is 2. The number of amides is 1. The minimum Gasteiger partial charge on any atom is -0.481 e. The Balaban J connectivity index is 2.37. The molecule has 2 N–H and O–H groups in total.